The van der Waals surface area contributed by atoms with Gasteiger partial charge in [-0.1, -0.05) is 73.9 Å². The summed E-state index contributed by atoms with van der Waals surface area (Å²) in [6.07, 6.45) is 2.93. The molecule has 0 unspecified atom stereocenters. The number of aliphatic hydroxyl groups excluding tert-OH is 1. The van der Waals surface area contributed by atoms with E-state index in [9.17, 15) is 24.6 Å². The number of allylic oxidation sites excluding steroid dienone is 5. The maximum absolute atomic E-state index is 14.4. The molecule has 224 valence electrons. The molecule has 1 fully saturated rings. The third kappa shape index (κ3) is 6.91. The number of ketones is 2. The molecule has 0 bridgehead atoms. The summed E-state index contributed by atoms with van der Waals surface area (Å²) in [5, 5.41) is 22.3. The molecule has 0 amide bonds. The molecule has 6 nitrogen and oxygen atoms in total. The Labute approximate surface area is 245 Å². The number of hydrogen-bond acceptors (Lipinski definition) is 5. The van der Waals surface area contributed by atoms with Crippen LogP contribution in [-0.4, -0.2) is 40.0 Å². The molecule has 0 spiro atoms. The number of carboxylic acid groups (broad SMARTS) is 1. The van der Waals surface area contributed by atoms with Crippen molar-refractivity contribution in [3.8, 4) is 0 Å². The van der Waals surface area contributed by atoms with Crippen LogP contribution in [-0.2, 0) is 19.1 Å². The number of carboxylic acids is 1. The van der Waals surface area contributed by atoms with Gasteiger partial charge in [-0.2, -0.15) is 0 Å². The van der Waals surface area contributed by atoms with Gasteiger partial charge in [-0.25, -0.2) is 0 Å². The average Bonchev–Trinajstić information content (AvgIpc) is 2.90. The largest absolute Gasteiger partial charge is 0.511 e. The smallest absolute Gasteiger partial charge is 0.304 e. The Morgan fingerprint density at radius 2 is 1.71 bits per heavy atom. The monoisotopic (exact) mass is 564 g/mol. The summed E-state index contributed by atoms with van der Waals surface area (Å²) in [5.74, 6) is -3.96. The quantitative estimate of drug-likeness (QED) is 0.210. The first-order valence-electron chi connectivity index (χ1n) is 14.9. The van der Waals surface area contributed by atoms with Gasteiger partial charge in [0.2, 0.25) is 0 Å². The molecule has 0 aromatic heterocycles. The van der Waals surface area contributed by atoms with Crippen molar-refractivity contribution in [2.75, 3.05) is 0 Å². The van der Waals surface area contributed by atoms with E-state index in [2.05, 4.69) is 27.7 Å². The highest BCUT2D eigenvalue weighted by Crippen LogP contribution is 2.55. The summed E-state index contributed by atoms with van der Waals surface area (Å²) in [6.45, 7) is 16.1. The van der Waals surface area contributed by atoms with Crippen LogP contribution in [0.15, 0.2) is 64.5 Å². The van der Waals surface area contributed by atoms with Gasteiger partial charge in [0, 0.05) is 17.4 Å². The van der Waals surface area contributed by atoms with E-state index in [1.807, 2.05) is 32.9 Å². The molecule has 1 aromatic rings. The Hall–Kier alpha value is -2.99. The Kier molecular flexibility index (Phi) is 10.6. The van der Waals surface area contributed by atoms with Gasteiger partial charge in [-0.05, 0) is 71.8 Å². The summed E-state index contributed by atoms with van der Waals surface area (Å²) in [4.78, 5) is 40.4. The first-order chi connectivity index (χ1) is 19.2. The summed E-state index contributed by atoms with van der Waals surface area (Å²) in [7, 11) is 0. The topological polar surface area (TPSA) is 101 Å². The van der Waals surface area contributed by atoms with E-state index in [1.165, 1.54) is 0 Å². The van der Waals surface area contributed by atoms with Gasteiger partial charge in [-0.15, -0.1) is 0 Å². The molecule has 0 saturated carbocycles. The molecule has 2 N–H and O–H groups in total. The van der Waals surface area contributed by atoms with Gasteiger partial charge < -0.3 is 14.9 Å². The fraction of sp³-hybridized carbons (Fsp3) is 0.571. The Morgan fingerprint density at radius 1 is 1.07 bits per heavy atom. The van der Waals surface area contributed by atoms with E-state index in [-0.39, 0.29) is 23.5 Å². The van der Waals surface area contributed by atoms with Crippen molar-refractivity contribution < 1.29 is 29.3 Å². The van der Waals surface area contributed by atoms with Gasteiger partial charge >= 0.3 is 5.97 Å². The lowest BCUT2D eigenvalue weighted by atomic mass is 9.57. The number of Topliss-reactive ketones (excluding diaryl/α,β-unsaturated/α-hetero) is 2. The number of carbonyl (C=O) groups is 3. The zero-order valence-corrected chi connectivity index (χ0v) is 26.0. The predicted octanol–water partition coefficient (Wildman–Crippen LogP) is 7.75. The number of hydrogen-bond donors (Lipinski definition) is 2. The second-order valence-electron chi connectivity index (χ2n) is 13.0. The van der Waals surface area contributed by atoms with Crippen molar-refractivity contribution in [2.45, 2.75) is 106 Å². The van der Waals surface area contributed by atoms with Crippen LogP contribution in [0.25, 0.3) is 0 Å². The van der Waals surface area contributed by atoms with Crippen molar-refractivity contribution in [3.63, 3.8) is 0 Å². The minimum Gasteiger partial charge on any atom is -0.511 e. The lowest BCUT2D eigenvalue weighted by molar-refractivity contribution is -0.179. The van der Waals surface area contributed by atoms with Crippen LogP contribution < -0.4 is 0 Å². The lowest BCUT2D eigenvalue weighted by Crippen LogP contribution is -2.60. The normalized spacial score (nSPS) is 27.0. The molecule has 1 saturated heterocycles. The number of benzene rings is 1. The molecule has 0 radical (unpaired) electrons. The first kappa shape index (κ1) is 32.5. The van der Waals surface area contributed by atoms with Gasteiger partial charge in [0.1, 0.15) is 11.7 Å². The highest BCUT2D eigenvalue weighted by molar-refractivity contribution is 6.14. The molecule has 41 heavy (non-hydrogen) atoms. The SMILES string of the molecule is CC(C)=CC[C@]1(CC(CCC(C)C)=C(C)C)C(O)=C([C@H](CC(=O)O)c2ccccc2)C(=O)[C@@H]2C(=O)[C@H](C)[C@H](C)O[C@@H]21. The Balaban J connectivity index is 2.40. The molecule has 6 heteroatoms. The maximum atomic E-state index is 14.4. The van der Waals surface area contributed by atoms with Crippen LogP contribution in [0, 0.1) is 23.2 Å². The van der Waals surface area contributed by atoms with Crippen LogP contribution in [0.1, 0.15) is 99.0 Å². The molecule has 3 rings (SSSR count). The molecular weight excluding hydrogens is 516 g/mol. The Morgan fingerprint density at radius 3 is 2.24 bits per heavy atom. The number of ether oxygens (including phenoxy) is 1. The van der Waals surface area contributed by atoms with Gasteiger partial charge in [-0.3, -0.25) is 14.4 Å². The van der Waals surface area contributed by atoms with Gasteiger partial charge in [0.05, 0.1) is 24.0 Å². The van der Waals surface area contributed by atoms with Crippen LogP contribution in [0.4, 0.5) is 0 Å². The predicted molar refractivity (Wildman–Crippen MR) is 162 cm³/mol. The van der Waals surface area contributed by atoms with Crippen molar-refractivity contribution in [3.05, 3.63) is 70.0 Å². The molecule has 1 aromatic carbocycles. The molecular formula is C35H48O6. The van der Waals surface area contributed by atoms with E-state index in [1.54, 1.807) is 31.2 Å². The second-order valence-corrected chi connectivity index (χ2v) is 13.0. The zero-order chi connectivity index (χ0) is 30.6. The Bertz CT molecular complexity index is 1230. The number of rotatable bonds is 11. The summed E-state index contributed by atoms with van der Waals surface area (Å²) >= 11 is 0. The standard InChI is InChI=1S/C35H48O6/c1-20(2)14-15-26(22(5)6)19-35(17-16-21(3)4)33(40)29(27(18-28(36)37)25-12-10-9-11-13-25)32(39)30-31(38)23(7)24(8)41-34(30)35/h9-13,16,20,23-24,27,30,34,40H,14-15,17-19H2,1-8H3,(H,36,37)/t23-,24+,27-,30+,34+,35+/m1/s1. The third-order valence-corrected chi connectivity index (χ3v) is 9.01. The molecule has 1 heterocycles. The minimum absolute atomic E-state index is 0.0395. The van der Waals surface area contributed by atoms with Crippen molar-refractivity contribution in [1.29, 1.82) is 0 Å². The minimum atomic E-state index is -1.11. The molecule has 1 aliphatic heterocycles. The highest BCUT2D eigenvalue weighted by Gasteiger charge is 2.61. The van der Waals surface area contributed by atoms with E-state index >= 15 is 0 Å². The van der Waals surface area contributed by atoms with E-state index in [0.29, 0.717) is 24.3 Å². The van der Waals surface area contributed by atoms with Crippen LogP contribution in [0.3, 0.4) is 0 Å². The maximum Gasteiger partial charge on any atom is 0.304 e. The lowest BCUT2D eigenvalue weighted by Gasteiger charge is -2.52. The van der Waals surface area contributed by atoms with E-state index in [0.717, 1.165) is 29.6 Å². The van der Waals surface area contributed by atoms with Crippen LogP contribution in [0.2, 0.25) is 0 Å². The van der Waals surface area contributed by atoms with E-state index < -0.39 is 47.1 Å². The fourth-order valence-electron chi connectivity index (χ4n) is 6.29. The second kappa shape index (κ2) is 13.3. The van der Waals surface area contributed by atoms with Crippen LogP contribution >= 0.6 is 0 Å². The van der Waals surface area contributed by atoms with Gasteiger partial charge in [0.25, 0.3) is 0 Å². The molecule has 2 aliphatic rings. The van der Waals surface area contributed by atoms with Crippen molar-refractivity contribution in [1.82, 2.24) is 0 Å². The third-order valence-electron chi connectivity index (χ3n) is 9.01. The summed E-state index contributed by atoms with van der Waals surface area (Å²) in [6, 6.07) is 8.96. The first-order valence-corrected chi connectivity index (χ1v) is 14.9. The van der Waals surface area contributed by atoms with Gasteiger partial charge in [0.15, 0.2) is 11.6 Å². The average molecular weight is 565 g/mol. The zero-order valence-electron chi connectivity index (χ0n) is 26.0. The summed E-state index contributed by atoms with van der Waals surface area (Å²) < 4.78 is 6.58. The highest BCUT2D eigenvalue weighted by atomic mass is 16.5. The van der Waals surface area contributed by atoms with E-state index in [4.69, 9.17) is 4.74 Å². The van der Waals surface area contributed by atoms with Crippen LogP contribution in [0.5, 0.6) is 0 Å². The molecule has 6 atom stereocenters. The van der Waals surface area contributed by atoms with Crippen molar-refractivity contribution >= 4 is 17.5 Å². The fourth-order valence-corrected chi connectivity index (χ4v) is 6.29. The molecule has 1 aliphatic carbocycles. The van der Waals surface area contributed by atoms with Crippen molar-refractivity contribution in [2.24, 2.45) is 23.2 Å². The summed E-state index contributed by atoms with van der Waals surface area (Å²) in [5.41, 5.74) is 2.90. The number of aliphatic hydroxyl groups is 1. The number of carbonyl (C=O) groups excluding carboxylic acids is 2. The number of aliphatic carboxylic acids is 1. The number of fused-ring (bicyclic) bond motifs is 1.